The van der Waals surface area contributed by atoms with Gasteiger partial charge in [0.25, 0.3) is 7.82 Å². The van der Waals surface area contributed by atoms with Crippen molar-refractivity contribution in [2.75, 3.05) is 47.5 Å². The Bertz CT molecular complexity index is 819. The third kappa shape index (κ3) is 36.6. The molecule has 0 aliphatic heterocycles. The standard InChI is InChI=1S/C39H78NO8P/c1-6-8-10-12-14-15-16-17-18-19-20-21-22-23-24-26-27-29-31-38(41)45-35-37(36-47-49(43,44)46-34-33-40(3,4)5)48-39(42)32-30-28-25-13-11-9-7-2/h37H,6-36H2,1-5H3/t37-/m1/s1. The first-order chi connectivity index (χ1) is 23.5. The number of esters is 2. The number of likely N-dealkylation sites (N-methyl/N-ethyl adjacent to an activating group) is 1. The number of hydrogen-bond acceptors (Lipinski definition) is 8. The first-order valence-electron chi connectivity index (χ1n) is 20.2. The summed E-state index contributed by atoms with van der Waals surface area (Å²) in [4.78, 5) is 37.2. The largest absolute Gasteiger partial charge is 0.756 e. The second-order valence-corrected chi connectivity index (χ2v) is 16.4. The van der Waals surface area contributed by atoms with E-state index < -0.39 is 26.5 Å². The number of hydrogen-bond donors (Lipinski definition) is 0. The highest BCUT2D eigenvalue weighted by Gasteiger charge is 2.21. The third-order valence-corrected chi connectivity index (χ3v) is 9.84. The molecule has 0 aromatic carbocycles. The Balaban J connectivity index is 4.20. The molecular formula is C39H78NO8P. The molecule has 2 atom stereocenters. The van der Waals surface area contributed by atoms with Crippen LogP contribution >= 0.6 is 7.82 Å². The minimum atomic E-state index is -4.60. The fourth-order valence-corrected chi connectivity index (χ4v) is 6.38. The number of carbonyl (C=O) groups excluding carboxylic acids is 2. The summed E-state index contributed by atoms with van der Waals surface area (Å²) >= 11 is 0. The van der Waals surface area contributed by atoms with Gasteiger partial charge < -0.3 is 27.9 Å². The molecule has 292 valence electrons. The van der Waals surface area contributed by atoms with Gasteiger partial charge in [-0.15, -0.1) is 0 Å². The van der Waals surface area contributed by atoms with Crippen molar-refractivity contribution in [1.82, 2.24) is 0 Å². The third-order valence-electron chi connectivity index (χ3n) is 8.88. The Morgan fingerprint density at radius 3 is 1.31 bits per heavy atom. The molecule has 0 amide bonds. The lowest BCUT2D eigenvalue weighted by molar-refractivity contribution is -0.870. The van der Waals surface area contributed by atoms with Gasteiger partial charge in [-0.3, -0.25) is 14.2 Å². The summed E-state index contributed by atoms with van der Waals surface area (Å²) in [5.41, 5.74) is 0. The Morgan fingerprint density at radius 1 is 0.551 bits per heavy atom. The second kappa shape index (κ2) is 32.9. The van der Waals surface area contributed by atoms with Crippen LogP contribution in [0.15, 0.2) is 0 Å². The molecule has 0 fully saturated rings. The number of quaternary nitrogens is 1. The van der Waals surface area contributed by atoms with Crippen molar-refractivity contribution < 1.29 is 42.1 Å². The molecule has 0 radical (unpaired) electrons. The fourth-order valence-electron chi connectivity index (χ4n) is 5.65. The molecule has 0 saturated carbocycles. The Hall–Kier alpha value is -0.990. The van der Waals surface area contributed by atoms with Gasteiger partial charge in [0, 0.05) is 12.8 Å². The zero-order valence-corrected chi connectivity index (χ0v) is 33.6. The molecule has 0 aliphatic rings. The van der Waals surface area contributed by atoms with E-state index in [0.717, 1.165) is 38.5 Å². The average Bonchev–Trinajstić information content (AvgIpc) is 3.04. The van der Waals surface area contributed by atoms with E-state index in [1.165, 1.54) is 116 Å². The second-order valence-electron chi connectivity index (χ2n) is 15.0. The van der Waals surface area contributed by atoms with Gasteiger partial charge in [-0.1, -0.05) is 162 Å². The van der Waals surface area contributed by atoms with Gasteiger partial charge in [0.1, 0.15) is 19.8 Å². The van der Waals surface area contributed by atoms with Crippen LogP contribution in [0.2, 0.25) is 0 Å². The van der Waals surface area contributed by atoms with E-state index in [0.29, 0.717) is 17.4 Å². The fraction of sp³-hybridized carbons (Fsp3) is 0.949. The molecule has 0 heterocycles. The van der Waals surface area contributed by atoms with Crippen LogP contribution in [0.5, 0.6) is 0 Å². The summed E-state index contributed by atoms with van der Waals surface area (Å²) in [5, 5.41) is 0. The summed E-state index contributed by atoms with van der Waals surface area (Å²) in [6.07, 6.45) is 30.1. The Kier molecular flexibility index (Phi) is 32.2. The van der Waals surface area contributed by atoms with E-state index in [-0.39, 0.29) is 32.0 Å². The lowest BCUT2D eigenvalue weighted by Crippen LogP contribution is -2.37. The topological polar surface area (TPSA) is 111 Å². The maximum atomic E-state index is 12.5. The lowest BCUT2D eigenvalue weighted by Gasteiger charge is -2.28. The van der Waals surface area contributed by atoms with Gasteiger partial charge in [-0.05, 0) is 12.8 Å². The molecule has 0 saturated heterocycles. The molecule has 0 N–H and O–H groups in total. The molecule has 49 heavy (non-hydrogen) atoms. The summed E-state index contributed by atoms with van der Waals surface area (Å²) in [5.74, 6) is -0.831. The first kappa shape index (κ1) is 48.0. The van der Waals surface area contributed by atoms with Crippen LogP contribution < -0.4 is 4.89 Å². The van der Waals surface area contributed by atoms with Gasteiger partial charge in [0.2, 0.25) is 0 Å². The molecule has 0 aromatic rings. The van der Waals surface area contributed by atoms with Crippen LogP contribution in [0, 0.1) is 0 Å². The van der Waals surface area contributed by atoms with Crippen molar-refractivity contribution in [2.45, 2.75) is 193 Å². The van der Waals surface area contributed by atoms with Gasteiger partial charge in [-0.2, -0.15) is 0 Å². The molecule has 9 nitrogen and oxygen atoms in total. The van der Waals surface area contributed by atoms with Gasteiger partial charge in [-0.25, -0.2) is 0 Å². The maximum Gasteiger partial charge on any atom is 0.306 e. The van der Waals surface area contributed by atoms with Gasteiger partial charge in [0.15, 0.2) is 6.10 Å². The highest BCUT2D eigenvalue weighted by molar-refractivity contribution is 7.45. The minimum absolute atomic E-state index is 0.0264. The first-order valence-corrected chi connectivity index (χ1v) is 21.7. The predicted octanol–water partition coefficient (Wildman–Crippen LogP) is 10.2. The zero-order chi connectivity index (χ0) is 36.5. The minimum Gasteiger partial charge on any atom is -0.756 e. The highest BCUT2D eigenvalue weighted by Crippen LogP contribution is 2.38. The molecule has 1 unspecified atom stereocenters. The van der Waals surface area contributed by atoms with E-state index in [2.05, 4.69) is 13.8 Å². The predicted molar refractivity (Wildman–Crippen MR) is 199 cm³/mol. The van der Waals surface area contributed by atoms with Crippen molar-refractivity contribution in [1.29, 1.82) is 0 Å². The molecule has 10 heteroatoms. The van der Waals surface area contributed by atoms with Crippen molar-refractivity contribution in [3.05, 3.63) is 0 Å². The summed E-state index contributed by atoms with van der Waals surface area (Å²) in [6, 6.07) is 0. The van der Waals surface area contributed by atoms with E-state index in [1.54, 1.807) is 0 Å². The Morgan fingerprint density at radius 2 is 0.918 bits per heavy atom. The number of phosphoric acid groups is 1. The normalized spacial score (nSPS) is 13.7. The number of phosphoric ester groups is 1. The van der Waals surface area contributed by atoms with Crippen LogP contribution in [0.25, 0.3) is 0 Å². The average molecular weight is 720 g/mol. The number of carbonyl (C=O) groups is 2. The molecular weight excluding hydrogens is 641 g/mol. The number of unbranched alkanes of at least 4 members (excludes halogenated alkanes) is 23. The van der Waals surface area contributed by atoms with Crippen molar-refractivity contribution in [3.63, 3.8) is 0 Å². The molecule has 0 aromatic heterocycles. The number of rotatable bonds is 37. The monoisotopic (exact) mass is 720 g/mol. The van der Waals surface area contributed by atoms with Crippen LogP contribution in [0.3, 0.4) is 0 Å². The summed E-state index contributed by atoms with van der Waals surface area (Å²) in [7, 11) is 1.18. The zero-order valence-electron chi connectivity index (χ0n) is 32.7. The maximum absolute atomic E-state index is 12.5. The van der Waals surface area contributed by atoms with Crippen LogP contribution in [-0.2, 0) is 32.7 Å². The van der Waals surface area contributed by atoms with Gasteiger partial charge in [0.05, 0.1) is 27.7 Å². The van der Waals surface area contributed by atoms with Crippen molar-refractivity contribution >= 4 is 19.8 Å². The summed E-state index contributed by atoms with van der Waals surface area (Å²) in [6.45, 7) is 4.19. The number of ether oxygens (including phenoxy) is 2. The lowest BCUT2D eigenvalue weighted by atomic mass is 10.0. The SMILES string of the molecule is CCCCCCCCCCCCCCCCCCCCC(=O)OC[C@H](COP(=O)([O-])OCC[N+](C)(C)C)OC(=O)CCCCCCCCC. The van der Waals surface area contributed by atoms with Crippen LogP contribution in [0.4, 0.5) is 0 Å². The quantitative estimate of drug-likeness (QED) is 0.0270. The molecule has 0 aliphatic carbocycles. The molecule has 0 rings (SSSR count). The van der Waals surface area contributed by atoms with E-state index >= 15 is 0 Å². The van der Waals surface area contributed by atoms with E-state index in [1.807, 2.05) is 21.1 Å². The van der Waals surface area contributed by atoms with Gasteiger partial charge >= 0.3 is 11.9 Å². The van der Waals surface area contributed by atoms with E-state index in [4.69, 9.17) is 18.5 Å². The Labute approximate surface area is 302 Å². The molecule has 0 bridgehead atoms. The smallest absolute Gasteiger partial charge is 0.306 e. The van der Waals surface area contributed by atoms with Crippen LogP contribution in [-0.4, -0.2) is 70.0 Å². The van der Waals surface area contributed by atoms with Crippen LogP contribution in [0.1, 0.15) is 187 Å². The number of nitrogens with zero attached hydrogens (tertiary/aromatic N) is 1. The molecule has 0 spiro atoms. The highest BCUT2D eigenvalue weighted by atomic mass is 31.2. The van der Waals surface area contributed by atoms with E-state index in [9.17, 15) is 19.0 Å². The summed E-state index contributed by atoms with van der Waals surface area (Å²) < 4.78 is 33.7. The van der Waals surface area contributed by atoms with Crippen molar-refractivity contribution in [3.8, 4) is 0 Å². The van der Waals surface area contributed by atoms with Crippen molar-refractivity contribution in [2.24, 2.45) is 0 Å².